The van der Waals surface area contributed by atoms with Gasteiger partial charge in [0.05, 0.1) is 0 Å². The Hall–Kier alpha value is -1.11. The van der Waals surface area contributed by atoms with Crippen LogP contribution in [-0.2, 0) is 4.74 Å². The molecule has 18 heavy (non-hydrogen) atoms. The topological polar surface area (TPSA) is 47.3 Å². The van der Waals surface area contributed by atoms with Gasteiger partial charge in [-0.3, -0.25) is 11.3 Å². The van der Waals surface area contributed by atoms with E-state index in [-0.39, 0.29) is 11.5 Å². The summed E-state index contributed by atoms with van der Waals surface area (Å²) in [7, 11) is 1.56. The Bertz CT molecular complexity index is 378. The van der Waals surface area contributed by atoms with Crippen LogP contribution >= 0.6 is 0 Å². The molecule has 0 aliphatic rings. The second-order valence-electron chi connectivity index (χ2n) is 4.20. The monoisotopic (exact) mass is 262 g/mol. The number of hydrogen-bond acceptors (Lipinski definition) is 3. The first-order chi connectivity index (χ1) is 8.51. The van der Waals surface area contributed by atoms with Gasteiger partial charge in [-0.05, 0) is 30.0 Å². The molecule has 0 amide bonds. The van der Waals surface area contributed by atoms with Gasteiger partial charge in [0.15, 0.2) is 17.5 Å². The Labute approximate surface area is 104 Å². The third kappa shape index (κ3) is 3.44. The van der Waals surface area contributed by atoms with E-state index >= 15 is 0 Å². The molecule has 1 aromatic carbocycles. The standard InChI is InChI=1S/C12H17F3N2O/c1-7(3-4-18-2)12(17-16)8-5-9(13)11(15)10(14)6-8/h5-7,12,17H,3-4,16H2,1-2H3. The van der Waals surface area contributed by atoms with Gasteiger partial charge < -0.3 is 4.74 Å². The summed E-state index contributed by atoms with van der Waals surface area (Å²) in [6.07, 6.45) is 0.659. The molecule has 102 valence electrons. The Morgan fingerprint density at radius 2 is 1.83 bits per heavy atom. The van der Waals surface area contributed by atoms with Crippen LogP contribution in [0.1, 0.15) is 24.9 Å². The lowest BCUT2D eigenvalue weighted by Gasteiger charge is -2.23. The Morgan fingerprint density at radius 3 is 2.28 bits per heavy atom. The van der Waals surface area contributed by atoms with Crippen molar-refractivity contribution in [2.45, 2.75) is 19.4 Å². The maximum atomic E-state index is 13.1. The molecule has 2 atom stereocenters. The van der Waals surface area contributed by atoms with Crippen molar-refractivity contribution in [3.63, 3.8) is 0 Å². The lowest BCUT2D eigenvalue weighted by atomic mass is 9.92. The quantitative estimate of drug-likeness (QED) is 0.470. The molecule has 3 nitrogen and oxygen atoms in total. The molecule has 0 bridgehead atoms. The molecular weight excluding hydrogens is 245 g/mol. The number of ether oxygens (including phenoxy) is 1. The average molecular weight is 262 g/mol. The highest BCUT2D eigenvalue weighted by atomic mass is 19.2. The fourth-order valence-corrected chi connectivity index (χ4v) is 1.81. The van der Waals surface area contributed by atoms with Crippen LogP contribution in [0.3, 0.4) is 0 Å². The SMILES string of the molecule is COCCC(C)C(NN)c1cc(F)c(F)c(F)c1. The van der Waals surface area contributed by atoms with Crippen molar-refractivity contribution in [1.29, 1.82) is 0 Å². The van der Waals surface area contributed by atoms with Gasteiger partial charge in [-0.15, -0.1) is 0 Å². The van der Waals surface area contributed by atoms with Gasteiger partial charge in [0.25, 0.3) is 0 Å². The molecule has 0 saturated carbocycles. The Kier molecular flexibility index (Phi) is 5.58. The largest absolute Gasteiger partial charge is 0.385 e. The molecule has 1 rings (SSSR count). The number of hydrazine groups is 1. The van der Waals surface area contributed by atoms with Gasteiger partial charge in [0.1, 0.15) is 0 Å². The summed E-state index contributed by atoms with van der Waals surface area (Å²) < 4.78 is 44.1. The van der Waals surface area contributed by atoms with E-state index in [0.29, 0.717) is 13.0 Å². The Morgan fingerprint density at radius 1 is 1.28 bits per heavy atom. The molecule has 2 unspecified atom stereocenters. The minimum absolute atomic E-state index is 0.0146. The molecule has 0 aromatic heterocycles. The molecule has 0 aliphatic heterocycles. The van der Waals surface area contributed by atoms with E-state index < -0.39 is 23.5 Å². The van der Waals surface area contributed by atoms with Crippen LogP contribution in [-0.4, -0.2) is 13.7 Å². The first-order valence-electron chi connectivity index (χ1n) is 5.60. The Balaban J connectivity index is 2.94. The molecule has 0 aliphatic carbocycles. The lowest BCUT2D eigenvalue weighted by molar-refractivity contribution is 0.170. The predicted octanol–water partition coefficient (Wildman–Crippen LogP) is 2.28. The zero-order chi connectivity index (χ0) is 13.7. The number of rotatable bonds is 6. The second-order valence-corrected chi connectivity index (χ2v) is 4.20. The molecular formula is C12H17F3N2O. The highest BCUT2D eigenvalue weighted by Crippen LogP contribution is 2.26. The number of methoxy groups -OCH3 is 1. The van der Waals surface area contributed by atoms with Crippen LogP contribution in [0.4, 0.5) is 13.2 Å². The van der Waals surface area contributed by atoms with Crippen molar-refractivity contribution >= 4 is 0 Å². The fourth-order valence-electron chi connectivity index (χ4n) is 1.81. The van der Waals surface area contributed by atoms with Gasteiger partial charge in [-0.1, -0.05) is 6.92 Å². The van der Waals surface area contributed by atoms with Gasteiger partial charge >= 0.3 is 0 Å². The third-order valence-electron chi connectivity index (χ3n) is 2.89. The van der Waals surface area contributed by atoms with E-state index in [9.17, 15) is 13.2 Å². The number of halogens is 3. The average Bonchev–Trinajstić information content (AvgIpc) is 2.34. The first-order valence-corrected chi connectivity index (χ1v) is 5.60. The number of benzene rings is 1. The molecule has 0 heterocycles. The first kappa shape index (κ1) is 14.9. The van der Waals surface area contributed by atoms with Gasteiger partial charge in [0.2, 0.25) is 0 Å². The summed E-state index contributed by atoms with van der Waals surface area (Å²) in [5.41, 5.74) is 2.77. The predicted molar refractivity (Wildman–Crippen MR) is 62.0 cm³/mol. The minimum atomic E-state index is -1.47. The van der Waals surface area contributed by atoms with Gasteiger partial charge in [0, 0.05) is 19.8 Å². The van der Waals surface area contributed by atoms with Gasteiger partial charge in [-0.25, -0.2) is 13.2 Å². The molecule has 6 heteroatoms. The van der Waals surface area contributed by atoms with E-state index in [1.165, 1.54) is 0 Å². The van der Waals surface area contributed by atoms with Crippen LogP contribution in [0.25, 0.3) is 0 Å². The summed E-state index contributed by atoms with van der Waals surface area (Å²) in [5, 5.41) is 0. The second kappa shape index (κ2) is 6.72. The van der Waals surface area contributed by atoms with Crippen molar-refractivity contribution in [3.05, 3.63) is 35.1 Å². The fraction of sp³-hybridized carbons (Fsp3) is 0.500. The maximum absolute atomic E-state index is 13.1. The van der Waals surface area contributed by atoms with Crippen molar-refractivity contribution < 1.29 is 17.9 Å². The van der Waals surface area contributed by atoms with Crippen molar-refractivity contribution in [1.82, 2.24) is 5.43 Å². The minimum Gasteiger partial charge on any atom is -0.385 e. The number of nitrogens with one attached hydrogen (secondary N) is 1. The molecule has 0 saturated heterocycles. The number of nitrogens with two attached hydrogens (primary N) is 1. The summed E-state index contributed by atoms with van der Waals surface area (Å²) in [6, 6.07) is 1.43. The molecule has 0 spiro atoms. The molecule has 0 radical (unpaired) electrons. The summed E-state index contributed by atoms with van der Waals surface area (Å²) in [5.74, 6) is 1.46. The van der Waals surface area contributed by atoms with E-state index in [1.54, 1.807) is 7.11 Å². The van der Waals surface area contributed by atoms with Crippen LogP contribution in [0.15, 0.2) is 12.1 Å². The molecule has 3 N–H and O–H groups in total. The highest BCUT2D eigenvalue weighted by Gasteiger charge is 2.21. The smallest absolute Gasteiger partial charge is 0.194 e. The number of hydrogen-bond donors (Lipinski definition) is 2. The van der Waals surface area contributed by atoms with Crippen molar-refractivity contribution in [2.24, 2.45) is 11.8 Å². The van der Waals surface area contributed by atoms with Crippen LogP contribution < -0.4 is 11.3 Å². The van der Waals surface area contributed by atoms with E-state index in [1.807, 2.05) is 6.92 Å². The van der Waals surface area contributed by atoms with E-state index in [0.717, 1.165) is 12.1 Å². The zero-order valence-electron chi connectivity index (χ0n) is 10.3. The van der Waals surface area contributed by atoms with Crippen LogP contribution in [0, 0.1) is 23.4 Å². The molecule has 1 aromatic rings. The summed E-state index contributed by atoms with van der Waals surface area (Å²) in [6.45, 7) is 2.37. The van der Waals surface area contributed by atoms with E-state index in [2.05, 4.69) is 5.43 Å². The van der Waals surface area contributed by atoms with Crippen LogP contribution in [0.2, 0.25) is 0 Å². The van der Waals surface area contributed by atoms with Crippen LogP contribution in [0.5, 0.6) is 0 Å². The summed E-state index contributed by atoms with van der Waals surface area (Å²) in [4.78, 5) is 0. The van der Waals surface area contributed by atoms with E-state index in [4.69, 9.17) is 10.6 Å². The molecule has 0 fully saturated rings. The lowest BCUT2D eigenvalue weighted by Crippen LogP contribution is -2.33. The van der Waals surface area contributed by atoms with Crippen molar-refractivity contribution in [2.75, 3.05) is 13.7 Å². The highest BCUT2D eigenvalue weighted by molar-refractivity contribution is 5.23. The normalized spacial score (nSPS) is 14.6. The van der Waals surface area contributed by atoms with Gasteiger partial charge in [-0.2, -0.15) is 0 Å². The maximum Gasteiger partial charge on any atom is 0.194 e. The zero-order valence-corrected chi connectivity index (χ0v) is 10.3. The van der Waals surface area contributed by atoms with Crippen molar-refractivity contribution in [3.8, 4) is 0 Å². The third-order valence-corrected chi connectivity index (χ3v) is 2.89. The summed E-state index contributed by atoms with van der Waals surface area (Å²) >= 11 is 0.